The highest BCUT2D eigenvalue weighted by Gasteiger charge is 2.09. The van der Waals surface area contributed by atoms with E-state index in [1.165, 1.54) is 20.0 Å². The van der Waals surface area contributed by atoms with Gasteiger partial charge in [0.1, 0.15) is 0 Å². The second kappa shape index (κ2) is 7.01. The fourth-order valence-electron chi connectivity index (χ4n) is 1.60. The molecule has 88 valence electrons. The molecule has 1 fully saturated rings. The van der Waals surface area contributed by atoms with Crippen LogP contribution in [0.1, 0.15) is 36.0 Å². The van der Waals surface area contributed by atoms with E-state index in [4.69, 9.17) is 5.11 Å². The number of rotatable bonds is 1. The summed E-state index contributed by atoms with van der Waals surface area (Å²) in [5.41, 5.74) is 0.588. The molecular formula is C13H18O3. The van der Waals surface area contributed by atoms with Crippen LogP contribution in [0.2, 0.25) is 0 Å². The number of aliphatic hydroxyl groups is 1. The van der Waals surface area contributed by atoms with E-state index in [2.05, 4.69) is 4.74 Å². The van der Waals surface area contributed by atoms with Crippen LogP contribution in [0.15, 0.2) is 30.3 Å². The Kier molecular flexibility index (Phi) is 5.57. The van der Waals surface area contributed by atoms with E-state index < -0.39 is 0 Å². The van der Waals surface area contributed by atoms with E-state index in [1.807, 2.05) is 6.07 Å². The molecule has 0 atom stereocenters. The SMILES string of the molecule is COC(=O)c1ccccc1.OC1CCCC1. The van der Waals surface area contributed by atoms with Crippen molar-refractivity contribution in [2.75, 3.05) is 7.11 Å². The molecule has 2 rings (SSSR count). The standard InChI is InChI=1S/C8H8O2.C5H10O/c1-10-8(9)7-5-3-2-4-6-7;6-5-3-1-2-4-5/h2-6H,1H3;5-6H,1-4H2. The average molecular weight is 222 g/mol. The van der Waals surface area contributed by atoms with Crippen molar-refractivity contribution in [2.24, 2.45) is 0 Å². The lowest BCUT2D eigenvalue weighted by Gasteiger charge is -1.95. The van der Waals surface area contributed by atoms with Crippen LogP contribution in [0, 0.1) is 0 Å². The molecule has 1 aromatic rings. The van der Waals surface area contributed by atoms with Gasteiger partial charge in [-0.15, -0.1) is 0 Å². The Morgan fingerprint density at radius 2 is 1.81 bits per heavy atom. The maximum absolute atomic E-state index is 10.8. The molecule has 1 aliphatic carbocycles. The number of aliphatic hydroxyl groups excluding tert-OH is 1. The molecule has 0 unspecified atom stereocenters. The van der Waals surface area contributed by atoms with Crippen molar-refractivity contribution in [2.45, 2.75) is 31.8 Å². The minimum atomic E-state index is -0.291. The molecule has 1 saturated carbocycles. The number of methoxy groups -OCH3 is 1. The van der Waals surface area contributed by atoms with Gasteiger partial charge >= 0.3 is 5.97 Å². The molecule has 0 saturated heterocycles. The normalized spacial score (nSPS) is 15.1. The van der Waals surface area contributed by atoms with Gasteiger partial charge in [-0.3, -0.25) is 0 Å². The summed E-state index contributed by atoms with van der Waals surface area (Å²) in [6.07, 6.45) is 4.60. The molecule has 0 aliphatic heterocycles. The fourth-order valence-corrected chi connectivity index (χ4v) is 1.60. The van der Waals surface area contributed by atoms with E-state index in [0.29, 0.717) is 5.56 Å². The third kappa shape index (κ3) is 4.45. The fraction of sp³-hybridized carbons (Fsp3) is 0.462. The zero-order chi connectivity index (χ0) is 11.8. The van der Waals surface area contributed by atoms with E-state index in [0.717, 1.165) is 12.8 Å². The number of benzene rings is 1. The maximum atomic E-state index is 10.8. The van der Waals surface area contributed by atoms with Crippen LogP contribution in [-0.2, 0) is 4.74 Å². The third-order valence-electron chi connectivity index (χ3n) is 2.52. The summed E-state index contributed by atoms with van der Waals surface area (Å²) < 4.78 is 4.50. The summed E-state index contributed by atoms with van der Waals surface area (Å²) in [6, 6.07) is 8.88. The number of carbonyl (C=O) groups is 1. The first-order valence-corrected chi connectivity index (χ1v) is 5.55. The van der Waals surface area contributed by atoms with Crippen LogP contribution in [-0.4, -0.2) is 24.3 Å². The first-order valence-electron chi connectivity index (χ1n) is 5.55. The lowest BCUT2D eigenvalue weighted by molar-refractivity contribution is 0.0600. The molecule has 3 nitrogen and oxygen atoms in total. The number of hydrogen-bond donors (Lipinski definition) is 1. The first kappa shape index (κ1) is 12.7. The van der Waals surface area contributed by atoms with Gasteiger partial charge in [0.25, 0.3) is 0 Å². The van der Waals surface area contributed by atoms with Crippen molar-refractivity contribution in [1.29, 1.82) is 0 Å². The van der Waals surface area contributed by atoms with Crippen molar-refractivity contribution >= 4 is 5.97 Å². The van der Waals surface area contributed by atoms with Crippen LogP contribution in [0.3, 0.4) is 0 Å². The van der Waals surface area contributed by atoms with Crippen molar-refractivity contribution in [1.82, 2.24) is 0 Å². The number of esters is 1. The minimum Gasteiger partial charge on any atom is -0.465 e. The smallest absolute Gasteiger partial charge is 0.337 e. The minimum absolute atomic E-state index is 0.0463. The largest absolute Gasteiger partial charge is 0.465 e. The van der Waals surface area contributed by atoms with Gasteiger partial charge in [-0.2, -0.15) is 0 Å². The van der Waals surface area contributed by atoms with Crippen LogP contribution in [0.5, 0.6) is 0 Å². The lowest BCUT2D eigenvalue weighted by Crippen LogP contribution is -1.99. The Labute approximate surface area is 96.1 Å². The monoisotopic (exact) mass is 222 g/mol. The highest BCUT2D eigenvalue weighted by atomic mass is 16.5. The molecule has 16 heavy (non-hydrogen) atoms. The molecule has 1 N–H and O–H groups in total. The van der Waals surface area contributed by atoms with Crippen molar-refractivity contribution in [3.63, 3.8) is 0 Å². The van der Waals surface area contributed by atoms with Gasteiger partial charge in [0.15, 0.2) is 0 Å². The van der Waals surface area contributed by atoms with Crippen LogP contribution in [0.25, 0.3) is 0 Å². The molecule has 0 amide bonds. The van der Waals surface area contributed by atoms with Crippen molar-refractivity contribution in [3.05, 3.63) is 35.9 Å². The predicted octanol–water partition coefficient (Wildman–Crippen LogP) is 2.39. The summed E-state index contributed by atoms with van der Waals surface area (Å²) in [5, 5.41) is 8.73. The summed E-state index contributed by atoms with van der Waals surface area (Å²) in [4.78, 5) is 10.8. The molecule has 3 heteroatoms. The Hall–Kier alpha value is -1.35. The highest BCUT2D eigenvalue weighted by molar-refractivity contribution is 5.89. The topological polar surface area (TPSA) is 46.5 Å². The average Bonchev–Trinajstić information content (AvgIpc) is 2.81. The van der Waals surface area contributed by atoms with Crippen LogP contribution < -0.4 is 0 Å². The summed E-state index contributed by atoms with van der Waals surface area (Å²) in [6.45, 7) is 0. The number of ether oxygens (including phenoxy) is 1. The van der Waals surface area contributed by atoms with Crippen molar-refractivity contribution < 1.29 is 14.6 Å². The Morgan fingerprint density at radius 1 is 1.25 bits per heavy atom. The molecule has 1 aromatic carbocycles. The number of hydrogen-bond acceptors (Lipinski definition) is 3. The van der Waals surface area contributed by atoms with Gasteiger partial charge in [0.05, 0.1) is 18.8 Å². The van der Waals surface area contributed by atoms with Gasteiger partial charge in [-0.05, 0) is 25.0 Å². The van der Waals surface area contributed by atoms with Gasteiger partial charge < -0.3 is 9.84 Å². The quantitative estimate of drug-likeness (QED) is 0.742. The Morgan fingerprint density at radius 3 is 2.19 bits per heavy atom. The summed E-state index contributed by atoms with van der Waals surface area (Å²) >= 11 is 0. The third-order valence-corrected chi connectivity index (χ3v) is 2.52. The molecule has 1 aliphatic rings. The zero-order valence-electron chi connectivity index (χ0n) is 9.56. The molecule has 0 radical (unpaired) electrons. The zero-order valence-corrected chi connectivity index (χ0v) is 9.56. The molecule has 0 aromatic heterocycles. The van der Waals surface area contributed by atoms with E-state index in [-0.39, 0.29) is 12.1 Å². The van der Waals surface area contributed by atoms with E-state index >= 15 is 0 Å². The Balaban J connectivity index is 0.000000181. The van der Waals surface area contributed by atoms with E-state index in [1.54, 1.807) is 24.3 Å². The molecule has 0 bridgehead atoms. The van der Waals surface area contributed by atoms with Gasteiger partial charge in [-0.25, -0.2) is 4.79 Å². The van der Waals surface area contributed by atoms with E-state index in [9.17, 15) is 4.79 Å². The van der Waals surface area contributed by atoms with Crippen molar-refractivity contribution in [3.8, 4) is 0 Å². The second-order valence-corrected chi connectivity index (χ2v) is 3.80. The summed E-state index contributed by atoms with van der Waals surface area (Å²) in [5.74, 6) is -0.291. The van der Waals surface area contributed by atoms with Crippen LogP contribution >= 0.6 is 0 Å². The molecule has 0 spiro atoms. The molecule has 0 heterocycles. The molecular weight excluding hydrogens is 204 g/mol. The van der Waals surface area contributed by atoms with Gasteiger partial charge in [0.2, 0.25) is 0 Å². The highest BCUT2D eigenvalue weighted by Crippen LogP contribution is 2.16. The van der Waals surface area contributed by atoms with Gasteiger partial charge in [-0.1, -0.05) is 31.0 Å². The predicted molar refractivity (Wildman–Crippen MR) is 62.3 cm³/mol. The van der Waals surface area contributed by atoms with Gasteiger partial charge in [0, 0.05) is 0 Å². The second-order valence-electron chi connectivity index (χ2n) is 3.80. The number of carbonyl (C=O) groups excluding carboxylic acids is 1. The Bertz CT molecular complexity index is 302. The lowest BCUT2D eigenvalue weighted by atomic mass is 10.2. The summed E-state index contributed by atoms with van der Waals surface area (Å²) in [7, 11) is 1.37. The maximum Gasteiger partial charge on any atom is 0.337 e. The first-order chi connectivity index (χ1) is 7.74. The van der Waals surface area contributed by atoms with Crippen LogP contribution in [0.4, 0.5) is 0 Å².